The number of nitrogens with one attached hydrogen (secondary N) is 1. The number of aromatic nitrogens is 2. The summed E-state index contributed by atoms with van der Waals surface area (Å²) in [5.41, 5.74) is 0. The molecule has 1 saturated heterocycles. The van der Waals surface area contributed by atoms with E-state index < -0.39 is 0 Å². The van der Waals surface area contributed by atoms with Crippen LogP contribution in [-0.4, -0.2) is 54.6 Å². The molecule has 0 spiro atoms. The van der Waals surface area contributed by atoms with Crippen LogP contribution in [0.2, 0.25) is 0 Å². The van der Waals surface area contributed by atoms with Crippen LogP contribution >= 0.6 is 0 Å². The Morgan fingerprint density at radius 2 is 2.05 bits per heavy atom. The lowest BCUT2D eigenvalue weighted by molar-refractivity contribution is 0.233. The molecule has 5 nitrogen and oxygen atoms in total. The Balaban J connectivity index is 1.84. The molecule has 19 heavy (non-hydrogen) atoms. The second-order valence-electron chi connectivity index (χ2n) is 5.77. The average Bonchev–Trinajstić information content (AvgIpc) is 3.26. The minimum Gasteiger partial charge on any atom is -0.373 e. The topological polar surface area (TPSA) is 44.3 Å². The Bertz CT molecular complexity index is 457. The monoisotopic (exact) mass is 261 g/mol. The van der Waals surface area contributed by atoms with E-state index in [0.717, 1.165) is 37.1 Å². The number of nitrogens with zero attached hydrogens (tertiary/aromatic N) is 4. The van der Waals surface area contributed by atoms with E-state index in [4.69, 9.17) is 4.98 Å². The zero-order valence-corrected chi connectivity index (χ0v) is 12.1. The van der Waals surface area contributed by atoms with Crippen molar-refractivity contribution in [3.63, 3.8) is 0 Å². The van der Waals surface area contributed by atoms with E-state index in [2.05, 4.69) is 40.1 Å². The van der Waals surface area contributed by atoms with Crippen molar-refractivity contribution in [2.75, 3.05) is 43.9 Å². The van der Waals surface area contributed by atoms with Crippen molar-refractivity contribution in [1.82, 2.24) is 14.9 Å². The molecule has 1 aromatic heterocycles. The maximum absolute atomic E-state index is 4.78. The van der Waals surface area contributed by atoms with Gasteiger partial charge in [-0.25, -0.2) is 9.97 Å². The summed E-state index contributed by atoms with van der Waals surface area (Å²) in [6.07, 6.45) is 2.48. The van der Waals surface area contributed by atoms with Gasteiger partial charge in [0.05, 0.1) is 0 Å². The molecule has 0 amide bonds. The first-order valence-corrected chi connectivity index (χ1v) is 7.19. The van der Waals surface area contributed by atoms with Crippen molar-refractivity contribution in [2.45, 2.75) is 31.7 Å². The van der Waals surface area contributed by atoms with E-state index in [-0.39, 0.29) is 0 Å². The Morgan fingerprint density at radius 3 is 2.68 bits per heavy atom. The smallest absolute Gasteiger partial charge is 0.136 e. The van der Waals surface area contributed by atoms with Crippen LogP contribution in [0, 0.1) is 0 Å². The van der Waals surface area contributed by atoms with Crippen LogP contribution in [0.1, 0.15) is 31.5 Å². The van der Waals surface area contributed by atoms with E-state index in [0.29, 0.717) is 12.0 Å². The second-order valence-corrected chi connectivity index (χ2v) is 5.77. The highest BCUT2D eigenvalue weighted by Crippen LogP contribution is 2.39. The SMILES string of the molecule is CNc1cc(N2CCN(C)C(C)C2)nc(C2CC2)n1. The number of hydrogen-bond acceptors (Lipinski definition) is 5. The van der Waals surface area contributed by atoms with E-state index in [1.54, 1.807) is 0 Å². The molecule has 1 aliphatic heterocycles. The molecule has 2 fully saturated rings. The van der Waals surface area contributed by atoms with Crippen LogP contribution < -0.4 is 10.2 Å². The Kier molecular flexibility index (Phi) is 3.31. The van der Waals surface area contributed by atoms with Crippen molar-refractivity contribution in [2.24, 2.45) is 0 Å². The summed E-state index contributed by atoms with van der Waals surface area (Å²) in [6.45, 7) is 5.46. The standard InChI is InChI=1S/C14H23N5/c1-10-9-19(7-6-18(10)3)13-8-12(15-2)16-14(17-13)11-4-5-11/h8,10-11H,4-7,9H2,1-3H3,(H,15,16,17). The van der Waals surface area contributed by atoms with Crippen LogP contribution in [0.3, 0.4) is 0 Å². The van der Waals surface area contributed by atoms with Gasteiger partial charge in [-0.3, -0.25) is 0 Å². The van der Waals surface area contributed by atoms with Gasteiger partial charge in [0.1, 0.15) is 17.5 Å². The second kappa shape index (κ2) is 4.96. The molecule has 1 unspecified atom stereocenters. The summed E-state index contributed by atoms with van der Waals surface area (Å²) < 4.78 is 0. The van der Waals surface area contributed by atoms with E-state index in [1.165, 1.54) is 12.8 Å². The van der Waals surface area contributed by atoms with Gasteiger partial charge >= 0.3 is 0 Å². The first-order chi connectivity index (χ1) is 9.17. The largest absolute Gasteiger partial charge is 0.373 e. The summed E-state index contributed by atoms with van der Waals surface area (Å²) in [5, 5.41) is 3.16. The van der Waals surface area contributed by atoms with Crippen molar-refractivity contribution < 1.29 is 0 Å². The lowest BCUT2D eigenvalue weighted by Crippen LogP contribution is -2.50. The van der Waals surface area contributed by atoms with Crippen LogP contribution in [0.4, 0.5) is 11.6 Å². The van der Waals surface area contributed by atoms with E-state index in [1.807, 2.05) is 7.05 Å². The van der Waals surface area contributed by atoms with E-state index >= 15 is 0 Å². The Hall–Kier alpha value is -1.36. The summed E-state index contributed by atoms with van der Waals surface area (Å²) in [7, 11) is 4.12. The van der Waals surface area contributed by atoms with Gasteiger partial charge in [-0.1, -0.05) is 0 Å². The molecule has 1 aromatic rings. The fraction of sp³-hybridized carbons (Fsp3) is 0.714. The Labute approximate surface area is 115 Å². The highest BCUT2D eigenvalue weighted by Gasteiger charge is 2.29. The lowest BCUT2D eigenvalue weighted by atomic mass is 10.2. The van der Waals surface area contributed by atoms with Crippen molar-refractivity contribution in [1.29, 1.82) is 0 Å². The molecule has 3 rings (SSSR count). The van der Waals surface area contributed by atoms with Gasteiger partial charge < -0.3 is 15.1 Å². The minimum atomic E-state index is 0.575. The molecule has 2 heterocycles. The normalized spacial score (nSPS) is 24.6. The molecule has 0 radical (unpaired) electrons. The molecule has 104 valence electrons. The zero-order chi connectivity index (χ0) is 13.4. The van der Waals surface area contributed by atoms with Crippen LogP contribution in [0.5, 0.6) is 0 Å². The quantitative estimate of drug-likeness (QED) is 0.894. The molecule has 0 aromatic carbocycles. The number of hydrogen-bond donors (Lipinski definition) is 1. The third-order valence-corrected chi connectivity index (χ3v) is 4.21. The van der Waals surface area contributed by atoms with Gasteiger partial charge in [0.15, 0.2) is 0 Å². The third-order valence-electron chi connectivity index (χ3n) is 4.21. The molecule has 5 heteroatoms. The van der Waals surface area contributed by atoms with Crippen LogP contribution in [0.15, 0.2) is 6.07 Å². The third kappa shape index (κ3) is 2.66. The number of piperazine rings is 1. The van der Waals surface area contributed by atoms with Crippen molar-refractivity contribution in [3.8, 4) is 0 Å². The molecule has 2 aliphatic rings. The fourth-order valence-corrected chi connectivity index (χ4v) is 2.52. The summed E-state index contributed by atoms with van der Waals surface area (Å²) in [5.74, 6) is 3.64. The van der Waals surface area contributed by atoms with Gasteiger partial charge in [0, 0.05) is 44.7 Å². The molecule has 0 bridgehead atoms. The molecule has 1 saturated carbocycles. The summed E-state index contributed by atoms with van der Waals surface area (Å²) in [4.78, 5) is 14.2. The maximum atomic E-state index is 4.78. The highest BCUT2D eigenvalue weighted by molar-refractivity contribution is 5.50. The van der Waals surface area contributed by atoms with Gasteiger partial charge in [-0.2, -0.15) is 0 Å². The van der Waals surface area contributed by atoms with Gasteiger partial charge in [-0.05, 0) is 26.8 Å². The first kappa shape index (κ1) is 12.7. The number of likely N-dealkylation sites (N-methyl/N-ethyl adjacent to an activating group) is 1. The van der Waals surface area contributed by atoms with Gasteiger partial charge in [0.2, 0.25) is 0 Å². The molecule has 1 atom stereocenters. The van der Waals surface area contributed by atoms with Gasteiger partial charge in [0.25, 0.3) is 0 Å². The fourth-order valence-electron chi connectivity index (χ4n) is 2.52. The van der Waals surface area contributed by atoms with Gasteiger partial charge in [-0.15, -0.1) is 0 Å². The lowest BCUT2D eigenvalue weighted by Gasteiger charge is -2.38. The highest BCUT2D eigenvalue weighted by atomic mass is 15.3. The maximum Gasteiger partial charge on any atom is 0.136 e. The molecule has 1 aliphatic carbocycles. The molecular formula is C14H23N5. The summed E-state index contributed by atoms with van der Waals surface area (Å²) in [6, 6.07) is 2.65. The zero-order valence-electron chi connectivity index (χ0n) is 12.1. The van der Waals surface area contributed by atoms with Crippen LogP contribution in [-0.2, 0) is 0 Å². The summed E-state index contributed by atoms with van der Waals surface area (Å²) >= 11 is 0. The number of anilines is 2. The first-order valence-electron chi connectivity index (χ1n) is 7.19. The van der Waals surface area contributed by atoms with E-state index in [9.17, 15) is 0 Å². The number of rotatable bonds is 3. The molecular weight excluding hydrogens is 238 g/mol. The predicted molar refractivity (Wildman–Crippen MR) is 77.9 cm³/mol. The average molecular weight is 261 g/mol. The predicted octanol–water partition coefficient (Wildman–Crippen LogP) is 1.54. The minimum absolute atomic E-state index is 0.575. The Morgan fingerprint density at radius 1 is 1.26 bits per heavy atom. The van der Waals surface area contributed by atoms with Crippen molar-refractivity contribution in [3.05, 3.63) is 11.9 Å². The van der Waals surface area contributed by atoms with Crippen LogP contribution in [0.25, 0.3) is 0 Å². The molecule has 1 N–H and O–H groups in total. The van der Waals surface area contributed by atoms with Crippen molar-refractivity contribution >= 4 is 11.6 Å².